The van der Waals surface area contributed by atoms with Gasteiger partial charge in [0.25, 0.3) is 5.91 Å². The molecule has 0 unspecified atom stereocenters. The Morgan fingerprint density at radius 1 is 1.04 bits per heavy atom. The number of nitrogens with zero attached hydrogens (tertiary/aromatic N) is 2. The van der Waals surface area contributed by atoms with E-state index in [-0.39, 0.29) is 26.7 Å². The normalized spacial score (nSPS) is 15.0. The number of hydrogen-bond acceptors (Lipinski definition) is 4. The van der Waals surface area contributed by atoms with Crippen molar-refractivity contribution in [3.05, 3.63) is 62.9 Å². The van der Waals surface area contributed by atoms with Gasteiger partial charge >= 0.3 is 5.97 Å². The Labute approximate surface area is 165 Å². The van der Waals surface area contributed by atoms with E-state index in [1.54, 1.807) is 29.2 Å². The molecule has 1 atom stereocenters. The van der Waals surface area contributed by atoms with Crippen LogP contribution in [0.5, 0.6) is 0 Å². The van der Waals surface area contributed by atoms with Gasteiger partial charge in [-0.2, -0.15) is 0 Å². The standard InChI is InChI=1S/C18H15Cl3N2O3/c19-12-10-22-15(14(21)13(12)20)18(25)26-16(11-6-2-1-3-7-11)17(24)23-8-4-5-9-23/h1-3,6-7,10,16H,4-5,8-9H2/t16-/m1/s1. The monoisotopic (exact) mass is 412 g/mol. The number of ether oxygens (including phenoxy) is 1. The van der Waals surface area contributed by atoms with Crippen molar-refractivity contribution in [1.29, 1.82) is 0 Å². The van der Waals surface area contributed by atoms with E-state index >= 15 is 0 Å². The molecule has 1 saturated heterocycles. The summed E-state index contributed by atoms with van der Waals surface area (Å²) in [5.41, 5.74) is 0.394. The number of carbonyl (C=O) groups excluding carboxylic acids is 2. The average molecular weight is 414 g/mol. The topological polar surface area (TPSA) is 59.5 Å². The Hall–Kier alpha value is -1.82. The van der Waals surface area contributed by atoms with Gasteiger partial charge in [-0.25, -0.2) is 9.78 Å². The summed E-state index contributed by atoms with van der Waals surface area (Å²) in [5, 5.41) is 0.0305. The first-order valence-corrected chi connectivity index (χ1v) is 9.16. The van der Waals surface area contributed by atoms with Crippen LogP contribution in [-0.2, 0) is 9.53 Å². The van der Waals surface area contributed by atoms with Gasteiger partial charge in [-0.05, 0) is 12.8 Å². The Morgan fingerprint density at radius 2 is 1.69 bits per heavy atom. The molecule has 0 N–H and O–H groups in total. The highest BCUT2D eigenvalue weighted by molar-refractivity contribution is 6.48. The minimum atomic E-state index is -1.07. The fourth-order valence-corrected chi connectivity index (χ4v) is 3.30. The van der Waals surface area contributed by atoms with Gasteiger partial charge in [0, 0.05) is 24.8 Å². The van der Waals surface area contributed by atoms with Crippen LogP contribution in [0.25, 0.3) is 0 Å². The third-order valence-corrected chi connectivity index (χ3v) is 5.32. The Morgan fingerprint density at radius 3 is 2.35 bits per heavy atom. The largest absolute Gasteiger partial charge is 0.443 e. The maximum absolute atomic E-state index is 12.9. The highest BCUT2D eigenvalue weighted by atomic mass is 35.5. The van der Waals surface area contributed by atoms with Crippen LogP contribution in [0.3, 0.4) is 0 Å². The quantitative estimate of drug-likeness (QED) is 0.689. The van der Waals surface area contributed by atoms with Crippen molar-refractivity contribution in [1.82, 2.24) is 9.88 Å². The van der Waals surface area contributed by atoms with E-state index in [1.807, 2.05) is 6.07 Å². The van der Waals surface area contributed by atoms with E-state index in [0.29, 0.717) is 18.7 Å². The van der Waals surface area contributed by atoms with Crippen LogP contribution >= 0.6 is 34.8 Å². The Balaban J connectivity index is 1.89. The molecule has 26 heavy (non-hydrogen) atoms. The summed E-state index contributed by atoms with van der Waals surface area (Å²) in [6.45, 7) is 1.29. The summed E-state index contributed by atoms with van der Waals surface area (Å²) in [7, 11) is 0. The second kappa shape index (κ2) is 8.25. The molecule has 1 aromatic carbocycles. The molecular formula is C18H15Cl3N2O3. The van der Waals surface area contributed by atoms with Crippen LogP contribution in [0.2, 0.25) is 15.1 Å². The van der Waals surface area contributed by atoms with Crippen LogP contribution < -0.4 is 0 Å². The maximum atomic E-state index is 12.9. The summed E-state index contributed by atoms with van der Waals surface area (Å²) in [6, 6.07) is 8.83. The summed E-state index contributed by atoms with van der Waals surface area (Å²) in [5.74, 6) is -1.10. The van der Waals surface area contributed by atoms with Crippen molar-refractivity contribution >= 4 is 46.7 Å². The van der Waals surface area contributed by atoms with Crippen LogP contribution in [0.15, 0.2) is 36.5 Å². The van der Waals surface area contributed by atoms with Crippen LogP contribution in [-0.4, -0.2) is 34.8 Å². The van der Waals surface area contributed by atoms with Gasteiger partial charge in [-0.15, -0.1) is 0 Å². The number of halogens is 3. The van der Waals surface area contributed by atoms with Crippen molar-refractivity contribution in [2.45, 2.75) is 18.9 Å². The van der Waals surface area contributed by atoms with Gasteiger partial charge in [0.2, 0.25) is 6.10 Å². The van der Waals surface area contributed by atoms with Gasteiger partial charge in [-0.3, -0.25) is 4.79 Å². The molecule has 0 aliphatic carbocycles. The maximum Gasteiger partial charge on any atom is 0.359 e. The zero-order chi connectivity index (χ0) is 18.7. The van der Waals surface area contributed by atoms with Gasteiger partial charge in [0.1, 0.15) is 0 Å². The molecule has 0 saturated carbocycles. The first-order valence-electron chi connectivity index (χ1n) is 8.03. The van der Waals surface area contributed by atoms with Gasteiger partial charge < -0.3 is 9.64 Å². The molecule has 1 aromatic heterocycles. The summed E-state index contributed by atoms with van der Waals surface area (Å²) < 4.78 is 5.49. The Bertz CT molecular complexity index is 824. The van der Waals surface area contributed by atoms with Crippen molar-refractivity contribution in [3.63, 3.8) is 0 Å². The molecule has 1 aliphatic heterocycles. The fraction of sp³-hybridized carbons (Fsp3) is 0.278. The zero-order valence-corrected chi connectivity index (χ0v) is 15.9. The number of amides is 1. The van der Waals surface area contributed by atoms with E-state index in [4.69, 9.17) is 39.5 Å². The SMILES string of the molecule is O=C(O[C@@H](C(=O)N1CCCC1)c1ccccc1)c1ncc(Cl)c(Cl)c1Cl. The summed E-state index contributed by atoms with van der Waals surface area (Å²) >= 11 is 17.9. The van der Waals surface area contributed by atoms with E-state index < -0.39 is 12.1 Å². The summed E-state index contributed by atoms with van der Waals surface area (Å²) in [4.78, 5) is 31.0. The third-order valence-electron chi connectivity index (χ3n) is 4.08. The molecule has 0 bridgehead atoms. The fourth-order valence-electron chi connectivity index (χ4n) is 2.74. The van der Waals surface area contributed by atoms with E-state index in [0.717, 1.165) is 12.8 Å². The second-order valence-corrected chi connectivity index (χ2v) is 6.97. The first-order chi connectivity index (χ1) is 12.5. The molecule has 8 heteroatoms. The lowest BCUT2D eigenvalue weighted by molar-refractivity contribution is -0.140. The van der Waals surface area contributed by atoms with E-state index in [2.05, 4.69) is 4.98 Å². The predicted molar refractivity (Wildman–Crippen MR) is 99.7 cm³/mol. The number of aromatic nitrogens is 1. The number of likely N-dealkylation sites (tertiary alicyclic amines) is 1. The van der Waals surface area contributed by atoms with Gasteiger partial charge in [0.15, 0.2) is 5.69 Å². The minimum absolute atomic E-state index is 0.0115. The third kappa shape index (κ3) is 3.95. The minimum Gasteiger partial charge on any atom is -0.443 e. The molecule has 1 fully saturated rings. The van der Waals surface area contributed by atoms with Crippen LogP contribution in [0.4, 0.5) is 0 Å². The molecule has 5 nitrogen and oxygen atoms in total. The Kier molecular flexibility index (Phi) is 6.01. The molecule has 3 rings (SSSR count). The smallest absolute Gasteiger partial charge is 0.359 e. The molecule has 0 radical (unpaired) electrons. The lowest BCUT2D eigenvalue weighted by atomic mass is 10.1. The van der Waals surface area contributed by atoms with E-state index in [1.165, 1.54) is 6.20 Å². The molecule has 1 amide bonds. The van der Waals surface area contributed by atoms with E-state index in [9.17, 15) is 9.59 Å². The molecule has 2 heterocycles. The molecule has 0 spiro atoms. The second-order valence-electron chi connectivity index (χ2n) is 5.81. The van der Waals surface area contributed by atoms with Crippen molar-refractivity contribution in [2.75, 3.05) is 13.1 Å². The van der Waals surface area contributed by atoms with Crippen LogP contribution in [0.1, 0.15) is 35.0 Å². The van der Waals surface area contributed by atoms with Crippen LogP contribution in [0, 0.1) is 0 Å². The molecule has 136 valence electrons. The van der Waals surface area contributed by atoms with Gasteiger partial charge in [0.05, 0.1) is 15.1 Å². The average Bonchev–Trinajstić information content (AvgIpc) is 3.19. The molecule has 2 aromatic rings. The van der Waals surface area contributed by atoms with Gasteiger partial charge in [-0.1, -0.05) is 65.1 Å². The number of rotatable bonds is 4. The number of hydrogen-bond donors (Lipinski definition) is 0. The van der Waals surface area contributed by atoms with Crippen molar-refractivity contribution in [3.8, 4) is 0 Å². The first kappa shape index (κ1) is 19.0. The molecular weight excluding hydrogens is 399 g/mol. The summed E-state index contributed by atoms with van der Waals surface area (Å²) in [6.07, 6.45) is 2.00. The lowest BCUT2D eigenvalue weighted by Gasteiger charge is -2.23. The number of esters is 1. The van der Waals surface area contributed by atoms with Crippen molar-refractivity contribution < 1.29 is 14.3 Å². The zero-order valence-electron chi connectivity index (χ0n) is 13.6. The number of carbonyl (C=O) groups is 2. The predicted octanol–water partition coefficient (Wildman–Crippen LogP) is 4.56. The lowest BCUT2D eigenvalue weighted by Crippen LogP contribution is -2.35. The number of benzene rings is 1. The van der Waals surface area contributed by atoms with Crippen molar-refractivity contribution in [2.24, 2.45) is 0 Å². The highest BCUT2D eigenvalue weighted by Gasteiger charge is 2.32. The molecule has 1 aliphatic rings. The number of pyridine rings is 1. The highest BCUT2D eigenvalue weighted by Crippen LogP contribution is 2.32.